The molecule has 0 atom stereocenters. The van der Waals surface area contributed by atoms with Crippen LogP contribution in [0.25, 0.3) is 0 Å². The van der Waals surface area contributed by atoms with Crippen molar-refractivity contribution in [2.75, 3.05) is 14.2 Å². The van der Waals surface area contributed by atoms with Gasteiger partial charge in [-0.2, -0.15) is 0 Å². The zero-order chi connectivity index (χ0) is 11.4. The quantitative estimate of drug-likeness (QED) is 0.607. The fraction of sp³-hybridized carbons (Fsp3) is 0.333. The summed E-state index contributed by atoms with van der Waals surface area (Å²) in [5, 5.41) is 1.54. The van der Waals surface area contributed by atoms with Crippen LogP contribution in [0.15, 0.2) is 5.38 Å². The van der Waals surface area contributed by atoms with E-state index >= 15 is 0 Å². The average Bonchev–Trinajstić information content (AvgIpc) is 2.70. The van der Waals surface area contributed by atoms with Crippen LogP contribution >= 0.6 is 22.9 Å². The third-order valence-electron chi connectivity index (χ3n) is 1.78. The first-order valence-corrected chi connectivity index (χ1v) is 5.40. The molecule has 0 aromatic carbocycles. The van der Waals surface area contributed by atoms with Crippen molar-refractivity contribution in [1.82, 2.24) is 0 Å². The fourth-order valence-electron chi connectivity index (χ4n) is 1.08. The molecule has 0 fully saturated rings. The SMILES string of the molecule is COC(=O)c1csc(CCl)c1C(=O)OC. The number of hydrogen-bond donors (Lipinski definition) is 0. The molecule has 6 heteroatoms. The van der Waals surface area contributed by atoms with Crippen molar-refractivity contribution in [3.05, 3.63) is 21.4 Å². The summed E-state index contributed by atoms with van der Waals surface area (Å²) >= 11 is 6.87. The van der Waals surface area contributed by atoms with Crippen LogP contribution in [0, 0.1) is 0 Å². The van der Waals surface area contributed by atoms with E-state index < -0.39 is 11.9 Å². The van der Waals surface area contributed by atoms with Crippen molar-refractivity contribution in [1.29, 1.82) is 0 Å². The number of thiophene rings is 1. The minimum atomic E-state index is -0.577. The Bertz CT molecular complexity index is 385. The zero-order valence-corrected chi connectivity index (χ0v) is 9.78. The number of alkyl halides is 1. The summed E-state index contributed by atoms with van der Waals surface area (Å²) in [5.74, 6) is -0.984. The lowest BCUT2D eigenvalue weighted by Crippen LogP contribution is -2.10. The van der Waals surface area contributed by atoms with Crippen molar-refractivity contribution in [2.45, 2.75) is 5.88 Å². The summed E-state index contributed by atoms with van der Waals surface area (Å²) in [5.41, 5.74) is 0.398. The van der Waals surface area contributed by atoms with Crippen molar-refractivity contribution in [3.63, 3.8) is 0 Å². The number of carbonyl (C=O) groups excluding carboxylic acids is 2. The normalized spacial score (nSPS) is 9.80. The lowest BCUT2D eigenvalue weighted by atomic mass is 10.1. The second-order valence-electron chi connectivity index (χ2n) is 2.56. The molecule has 0 unspecified atom stereocenters. The van der Waals surface area contributed by atoms with Crippen LogP contribution in [0.3, 0.4) is 0 Å². The lowest BCUT2D eigenvalue weighted by Gasteiger charge is -2.02. The van der Waals surface area contributed by atoms with E-state index in [1.807, 2.05) is 0 Å². The van der Waals surface area contributed by atoms with E-state index in [1.54, 1.807) is 0 Å². The van der Waals surface area contributed by atoms with E-state index in [4.69, 9.17) is 11.6 Å². The molecule has 0 spiro atoms. The molecule has 0 aliphatic rings. The molecule has 82 valence electrons. The van der Waals surface area contributed by atoms with Crippen molar-refractivity contribution < 1.29 is 19.1 Å². The van der Waals surface area contributed by atoms with Gasteiger partial charge in [0.25, 0.3) is 0 Å². The van der Waals surface area contributed by atoms with Gasteiger partial charge in [-0.25, -0.2) is 9.59 Å². The number of halogens is 1. The van der Waals surface area contributed by atoms with Crippen molar-refractivity contribution >= 4 is 34.9 Å². The van der Waals surface area contributed by atoms with Gasteiger partial charge in [-0.1, -0.05) is 0 Å². The van der Waals surface area contributed by atoms with Gasteiger partial charge in [0.1, 0.15) is 0 Å². The van der Waals surface area contributed by atoms with Crippen LogP contribution in [0.1, 0.15) is 25.6 Å². The topological polar surface area (TPSA) is 52.6 Å². The molecule has 0 amide bonds. The molecule has 0 aliphatic carbocycles. The first kappa shape index (κ1) is 12.0. The molecule has 1 aromatic rings. The van der Waals surface area contributed by atoms with Gasteiger partial charge in [0.15, 0.2) is 0 Å². The molecule has 0 radical (unpaired) electrons. The van der Waals surface area contributed by atoms with E-state index in [-0.39, 0.29) is 17.0 Å². The summed E-state index contributed by atoms with van der Waals surface area (Å²) in [6, 6.07) is 0. The van der Waals surface area contributed by atoms with Gasteiger partial charge >= 0.3 is 11.9 Å². The number of hydrogen-bond acceptors (Lipinski definition) is 5. The van der Waals surface area contributed by atoms with Gasteiger partial charge in [-0.3, -0.25) is 0 Å². The highest BCUT2D eigenvalue weighted by molar-refractivity contribution is 7.10. The number of methoxy groups -OCH3 is 2. The predicted octanol–water partition coefficient (Wildman–Crippen LogP) is 2.06. The van der Waals surface area contributed by atoms with Gasteiger partial charge in [-0.15, -0.1) is 22.9 Å². The number of ether oxygens (including phenoxy) is 2. The molecule has 4 nitrogen and oxygen atoms in total. The van der Waals surface area contributed by atoms with E-state index in [9.17, 15) is 9.59 Å². The zero-order valence-electron chi connectivity index (χ0n) is 8.20. The molecular weight excluding hydrogens is 240 g/mol. The summed E-state index contributed by atoms with van der Waals surface area (Å²) < 4.78 is 9.12. The molecule has 1 rings (SSSR count). The van der Waals surface area contributed by atoms with Crippen LogP contribution in [0.2, 0.25) is 0 Å². The molecule has 0 saturated carbocycles. The third kappa shape index (κ3) is 2.30. The molecule has 0 N–H and O–H groups in total. The largest absolute Gasteiger partial charge is 0.465 e. The summed E-state index contributed by atoms with van der Waals surface area (Å²) in [4.78, 5) is 23.3. The third-order valence-corrected chi connectivity index (χ3v) is 3.20. The molecule has 0 bridgehead atoms. The molecule has 1 aromatic heterocycles. The van der Waals surface area contributed by atoms with Crippen LogP contribution in [-0.4, -0.2) is 26.2 Å². The Kier molecular flexibility index (Phi) is 4.11. The highest BCUT2D eigenvalue weighted by Crippen LogP contribution is 2.25. The van der Waals surface area contributed by atoms with Crippen molar-refractivity contribution in [2.24, 2.45) is 0 Å². The van der Waals surface area contributed by atoms with Gasteiger partial charge in [0.05, 0.1) is 31.2 Å². The van der Waals surface area contributed by atoms with Crippen LogP contribution < -0.4 is 0 Å². The lowest BCUT2D eigenvalue weighted by molar-refractivity contribution is 0.0556. The Morgan fingerprint density at radius 2 is 1.93 bits per heavy atom. The van der Waals surface area contributed by atoms with E-state index in [2.05, 4.69) is 9.47 Å². The van der Waals surface area contributed by atoms with Crippen LogP contribution in [-0.2, 0) is 15.4 Å². The maximum absolute atomic E-state index is 11.4. The smallest absolute Gasteiger partial charge is 0.339 e. The van der Waals surface area contributed by atoms with Gasteiger partial charge in [0, 0.05) is 10.3 Å². The van der Waals surface area contributed by atoms with E-state index in [0.717, 1.165) is 0 Å². The summed E-state index contributed by atoms with van der Waals surface area (Å²) in [6.45, 7) is 0. The highest BCUT2D eigenvalue weighted by atomic mass is 35.5. The second-order valence-corrected chi connectivity index (χ2v) is 3.80. The number of rotatable bonds is 3. The second kappa shape index (κ2) is 5.14. The Hall–Kier alpha value is -1.07. The molecule has 0 saturated heterocycles. The first-order valence-electron chi connectivity index (χ1n) is 3.98. The van der Waals surface area contributed by atoms with Crippen molar-refractivity contribution in [3.8, 4) is 0 Å². The van der Waals surface area contributed by atoms with Crippen LogP contribution in [0.4, 0.5) is 0 Å². The van der Waals surface area contributed by atoms with Gasteiger partial charge < -0.3 is 9.47 Å². The Labute approximate surface area is 95.7 Å². The molecule has 1 heterocycles. The predicted molar refractivity (Wildman–Crippen MR) is 56.6 cm³/mol. The minimum Gasteiger partial charge on any atom is -0.465 e. The Morgan fingerprint density at radius 3 is 2.40 bits per heavy atom. The standard InChI is InChI=1S/C9H9ClO4S/c1-13-8(11)5-4-15-6(3-10)7(5)9(12)14-2/h4H,3H2,1-2H3. The fourth-order valence-corrected chi connectivity index (χ4v) is 2.25. The number of carbonyl (C=O) groups is 2. The molecule has 15 heavy (non-hydrogen) atoms. The van der Waals surface area contributed by atoms with E-state index in [1.165, 1.54) is 30.9 Å². The molecule has 0 aliphatic heterocycles. The average molecular weight is 249 g/mol. The Morgan fingerprint density at radius 1 is 1.33 bits per heavy atom. The van der Waals surface area contributed by atoms with Crippen LogP contribution in [0.5, 0.6) is 0 Å². The maximum Gasteiger partial charge on any atom is 0.339 e. The monoisotopic (exact) mass is 248 g/mol. The van der Waals surface area contributed by atoms with Gasteiger partial charge in [0.2, 0.25) is 0 Å². The highest BCUT2D eigenvalue weighted by Gasteiger charge is 2.23. The summed E-state index contributed by atoms with van der Waals surface area (Å²) in [6.07, 6.45) is 0. The first-order chi connectivity index (χ1) is 7.15. The maximum atomic E-state index is 11.4. The van der Waals surface area contributed by atoms with Gasteiger partial charge in [-0.05, 0) is 0 Å². The molecular formula is C9H9ClO4S. The number of esters is 2. The Balaban J connectivity index is 3.23. The summed E-state index contributed by atoms with van der Waals surface area (Å²) in [7, 11) is 2.50. The van der Waals surface area contributed by atoms with E-state index in [0.29, 0.717) is 4.88 Å². The minimum absolute atomic E-state index is 0.159.